The maximum Gasteiger partial charge on any atom is 0.236 e. The summed E-state index contributed by atoms with van der Waals surface area (Å²) in [5.41, 5.74) is 1.56. The fourth-order valence-corrected chi connectivity index (χ4v) is 4.19. The Morgan fingerprint density at radius 2 is 2.17 bits per heavy atom. The van der Waals surface area contributed by atoms with Crippen LogP contribution in [-0.2, 0) is 17.8 Å². The third kappa shape index (κ3) is 6.30. The zero-order chi connectivity index (χ0) is 20.6. The molecule has 3 aromatic rings. The number of hydrogen-bond acceptors (Lipinski definition) is 8. The molecule has 154 valence electrons. The highest BCUT2D eigenvalue weighted by atomic mass is 35.5. The van der Waals surface area contributed by atoms with Crippen LogP contribution in [0.25, 0.3) is 0 Å². The zero-order valence-electron chi connectivity index (χ0n) is 15.5. The molecule has 8 nitrogen and oxygen atoms in total. The SMILES string of the molecule is CCn1c(CCCOc2ccc(Cl)cc2Cl)nnc1SCC(=O)Nc1nncs1. The van der Waals surface area contributed by atoms with Crippen LogP contribution in [0.2, 0.25) is 10.0 Å². The lowest BCUT2D eigenvalue weighted by atomic mass is 10.3. The number of ether oxygens (including phenoxy) is 1. The second-order valence-corrected chi connectivity index (χ2v) is 8.37. The summed E-state index contributed by atoms with van der Waals surface area (Å²) in [7, 11) is 0. The molecule has 0 atom stereocenters. The molecule has 0 aliphatic heterocycles. The molecule has 0 saturated carbocycles. The number of rotatable bonds is 10. The van der Waals surface area contributed by atoms with Crippen molar-refractivity contribution in [2.75, 3.05) is 17.7 Å². The Morgan fingerprint density at radius 1 is 1.31 bits per heavy atom. The zero-order valence-corrected chi connectivity index (χ0v) is 18.6. The average Bonchev–Trinajstić information content (AvgIpc) is 3.34. The van der Waals surface area contributed by atoms with Crippen molar-refractivity contribution >= 4 is 57.3 Å². The van der Waals surface area contributed by atoms with Gasteiger partial charge in [0, 0.05) is 18.0 Å². The molecule has 0 aliphatic rings. The Labute approximate surface area is 186 Å². The topological polar surface area (TPSA) is 94.8 Å². The minimum absolute atomic E-state index is 0.160. The van der Waals surface area contributed by atoms with Crippen molar-refractivity contribution in [3.8, 4) is 5.75 Å². The largest absolute Gasteiger partial charge is 0.492 e. The van der Waals surface area contributed by atoms with Gasteiger partial charge in [-0.2, -0.15) is 0 Å². The molecule has 0 fully saturated rings. The predicted molar refractivity (Wildman–Crippen MR) is 115 cm³/mol. The first-order chi connectivity index (χ1) is 14.1. The lowest BCUT2D eigenvalue weighted by molar-refractivity contribution is -0.113. The number of aryl methyl sites for hydroxylation is 1. The van der Waals surface area contributed by atoms with Gasteiger partial charge in [0.15, 0.2) is 5.16 Å². The van der Waals surface area contributed by atoms with E-state index in [4.69, 9.17) is 27.9 Å². The number of hydrogen-bond donors (Lipinski definition) is 1. The number of anilines is 1. The van der Waals surface area contributed by atoms with Crippen LogP contribution in [0.3, 0.4) is 0 Å². The minimum Gasteiger partial charge on any atom is -0.492 e. The lowest BCUT2D eigenvalue weighted by Gasteiger charge is -2.09. The molecule has 0 spiro atoms. The normalized spacial score (nSPS) is 10.9. The highest BCUT2D eigenvalue weighted by molar-refractivity contribution is 7.99. The van der Waals surface area contributed by atoms with Crippen LogP contribution in [0.4, 0.5) is 5.13 Å². The van der Waals surface area contributed by atoms with E-state index in [2.05, 4.69) is 25.7 Å². The number of benzene rings is 1. The van der Waals surface area contributed by atoms with Gasteiger partial charge in [-0.15, -0.1) is 20.4 Å². The summed E-state index contributed by atoms with van der Waals surface area (Å²) in [6, 6.07) is 5.14. The third-order valence-electron chi connectivity index (χ3n) is 3.74. The van der Waals surface area contributed by atoms with E-state index >= 15 is 0 Å². The first-order valence-corrected chi connectivity index (χ1v) is 11.4. The smallest absolute Gasteiger partial charge is 0.236 e. The van der Waals surface area contributed by atoms with Crippen LogP contribution in [0, 0.1) is 0 Å². The van der Waals surface area contributed by atoms with Crippen molar-refractivity contribution in [3.63, 3.8) is 0 Å². The Kier molecular flexibility index (Phi) is 8.10. The van der Waals surface area contributed by atoms with Gasteiger partial charge in [0.2, 0.25) is 11.0 Å². The van der Waals surface area contributed by atoms with Crippen molar-refractivity contribution < 1.29 is 9.53 Å². The fourth-order valence-electron chi connectivity index (χ4n) is 2.45. The molecule has 1 aromatic carbocycles. The van der Waals surface area contributed by atoms with Crippen LogP contribution in [0.5, 0.6) is 5.75 Å². The summed E-state index contributed by atoms with van der Waals surface area (Å²) in [5, 5.41) is 20.9. The second kappa shape index (κ2) is 10.8. The van der Waals surface area contributed by atoms with Gasteiger partial charge in [0.1, 0.15) is 17.1 Å². The molecule has 0 radical (unpaired) electrons. The number of aromatic nitrogens is 5. The van der Waals surface area contributed by atoms with E-state index in [1.807, 2.05) is 11.5 Å². The van der Waals surface area contributed by atoms with Crippen LogP contribution < -0.4 is 10.1 Å². The lowest BCUT2D eigenvalue weighted by Crippen LogP contribution is -2.14. The Hall–Kier alpha value is -1.88. The van der Waals surface area contributed by atoms with E-state index in [-0.39, 0.29) is 11.7 Å². The second-order valence-electron chi connectivity index (χ2n) is 5.75. The molecule has 2 aromatic heterocycles. The summed E-state index contributed by atoms with van der Waals surface area (Å²) in [5.74, 6) is 1.51. The number of thioether (sulfide) groups is 1. The highest BCUT2D eigenvalue weighted by Gasteiger charge is 2.14. The molecular formula is C17H18Cl2N6O2S2. The van der Waals surface area contributed by atoms with E-state index in [1.54, 1.807) is 23.7 Å². The molecule has 1 amide bonds. The van der Waals surface area contributed by atoms with E-state index < -0.39 is 0 Å². The maximum absolute atomic E-state index is 12.0. The monoisotopic (exact) mass is 472 g/mol. The van der Waals surface area contributed by atoms with Gasteiger partial charge in [-0.25, -0.2) is 0 Å². The summed E-state index contributed by atoms with van der Waals surface area (Å²) in [6.07, 6.45) is 1.45. The Balaban J connectivity index is 1.47. The number of nitrogens with zero attached hydrogens (tertiary/aromatic N) is 5. The molecule has 0 saturated heterocycles. The van der Waals surface area contributed by atoms with E-state index in [0.717, 1.165) is 12.2 Å². The standard InChI is InChI=1S/C17H18Cl2N6O2S2/c1-2-25-14(4-3-7-27-13-6-5-11(18)8-12(13)19)22-24-17(25)28-9-15(26)21-16-23-20-10-29-16/h5-6,8,10H,2-4,7,9H2,1H3,(H,21,23,26). The predicted octanol–water partition coefficient (Wildman–Crippen LogP) is 4.20. The highest BCUT2D eigenvalue weighted by Crippen LogP contribution is 2.27. The van der Waals surface area contributed by atoms with Crippen LogP contribution in [0.1, 0.15) is 19.2 Å². The summed E-state index contributed by atoms with van der Waals surface area (Å²) < 4.78 is 7.70. The molecule has 0 bridgehead atoms. The van der Waals surface area contributed by atoms with Crippen molar-refractivity contribution in [2.24, 2.45) is 0 Å². The van der Waals surface area contributed by atoms with Gasteiger partial charge < -0.3 is 9.30 Å². The molecular weight excluding hydrogens is 455 g/mol. The van der Waals surface area contributed by atoms with Crippen molar-refractivity contribution in [3.05, 3.63) is 39.6 Å². The summed E-state index contributed by atoms with van der Waals surface area (Å²) >= 11 is 14.6. The summed E-state index contributed by atoms with van der Waals surface area (Å²) in [4.78, 5) is 12.0. The Morgan fingerprint density at radius 3 is 2.90 bits per heavy atom. The number of carbonyl (C=O) groups excluding carboxylic acids is 1. The van der Waals surface area contributed by atoms with Crippen molar-refractivity contribution in [1.29, 1.82) is 0 Å². The quantitative estimate of drug-likeness (QED) is 0.348. The first-order valence-electron chi connectivity index (χ1n) is 8.75. The van der Waals surface area contributed by atoms with Crippen LogP contribution >= 0.6 is 46.3 Å². The third-order valence-corrected chi connectivity index (χ3v) is 5.85. The number of halogens is 2. The average molecular weight is 473 g/mol. The van der Waals surface area contributed by atoms with Gasteiger partial charge >= 0.3 is 0 Å². The molecule has 1 N–H and O–H groups in total. The van der Waals surface area contributed by atoms with Gasteiger partial charge in [-0.05, 0) is 31.5 Å². The van der Waals surface area contributed by atoms with E-state index in [0.29, 0.717) is 45.7 Å². The van der Waals surface area contributed by atoms with Crippen LogP contribution in [-0.4, -0.2) is 43.2 Å². The Bertz CT molecular complexity index is 952. The van der Waals surface area contributed by atoms with Crippen molar-refractivity contribution in [1.82, 2.24) is 25.0 Å². The maximum atomic E-state index is 12.0. The number of amides is 1. The molecule has 12 heteroatoms. The molecule has 2 heterocycles. The van der Waals surface area contributed by atoms with Gasteiger partial charge in [0.25, 0.3) is 0 Å². The van der Waals surface area contributed by atoms with Gasteiger partial charge in [-0.1, -0.05) is 46.3 Å². The van der Waals surface area contributed by atoms with Gasteiger partial charge in [0.05, 0.1) is 17.4 Å². The fraction of sp³-hybridized carbons (Fsp3) is 0.353. The van der Waals surface area contributed by atoms with E-state index in [9.17, 15) is 4.79 Å². The molecule has 0 unspecified atom stereocenters. The van der Waals surface area contributed by atoms with E-state index in [1.165, 1.54) is 23.1 Å². The minimum atomic E-state index is -0.160. The van der Waals surface area contributed by atoms with Crippen molar-refractivity contribution in [2.45, 2.75) is 31.5 Å². The number of carbonyl (C=O) groups is 1. The summed E-state index contributed by atoms with van der Waals surface area (Å²) in [6.45, 7) is 3.22. The number of nitrogens with one attached hydrogen (secondary N) is 1. The van der Waals surface area contributed by atoms with Gasteiger partial charge in [-0.3, -0.25) is 10.1 Å². The first kappa shape index (κ1) is 21.8. The van der Waals surface area contributed by atoms with Crippen LogP contribution in [0.15, 0.2) is 28.9 Å². The molecule has 3 rings (SSSR count). The molecule has 0 aliphatic carbocycles. The molecule has 29 heavy (non-hydrogen) atoms.